The van der Waals surface area contributed by atoms with Crippen LogP contribution in [-0.2, 0) is 6.54 Å². The van der Waals surface area contributed by atoms with Crippen molar-refractivity contribution >= 4 is 0 Å². The number of rotatable bonds is 3. The highest BCUT2D eigenvalue weighted by atomic mass is 16.5. The zero-order valence-corrected chi connectivity index (χ0v) is 11.0. The van der Waals surface area contributed by atoms with Crippen LogP contribution in [0.2, 0.25) is 0 Å². The fourth-order valence-electron chi connectivity index (χ4n) is 2.32. The predicted octanol–water partition coefficient (Wildman–Crippen LogP) is 1.53. The summed E-state index contributed by atoms with van der Waals surface area (Å²) < 4.78 is 5.32. The lowest BCUT2D eigenvalue weighted by atomic mass is 10.2. The van der Waals surface area contributed by atoms with E-state index in [-0.39, 0.29) is 0 Å². The van der Waals surface area contributed by atoms with Gasteiger partial charge in [-0.05, 0) is 19.1 Å². The first-order chi connectivity index (χ1) is 9.33. The molecule has 0 amide bonds. The second kappa shape index (κ2) is 5.50. The smallest absolute Gasteiger partial charge is 0.257 e. The van der Waals surface area contributed by atoms with Crippen LogP contribution in [-0.4, -0.2) is 40.7 Å². The zero-order valence-electron chi connectivity index (χ0n) is 11.0. The van der Waals surface area contributed by atoms with Crippen molar-refractivity contribution in [3.05, 3.63) is 36.2 Å². The van der Waals surface area contributed by atoms with Crippen molar-refractivity contribution < 1.29 is 4.52 Å². The number of hydrogen-bond donors (Lipinski definition) is 1. The SMILES string of the molecule is C[C@H]1CNCCN1Cc1noc(-c2ccccc2)n1. The van der Waals surface area contributed by atoms with E-state index in [2.05, 4.69) is 27.3 Å². The van der Waals surface area contributed by atoms with Gasteiger partial charge in [-0.2, -0.15) is 4.98 Å². The van der Waals surface area contributed by atoms with Gasteiger partial charge in [0.2, 0.25) is 0 Å². The summed E-state index contributed by atoms with van der Waals surface area (Å²) in [6.07, 6.45) is 0. The number of hydrogen-bond acceptors (Lipinski definition) is 5. The van der Waals surface area contributed by atoms with Crippen LogP contribution >= 0.6 is 0 Å². The fourth-order valence-corrected chi connectivity index (χ4v) is 2.32. The van der Waals surface area contributed by atoms with Crippen LogP contribution in [0.1, 0.15) is 12.7 Å². The minimum Gasteiger partial charge on any atom is -0.334 e. The molecule has 1 atom stereocenters. The van der Waals surface area contributed by atoms with Crippen LogP contribution in [0.25, 0.3) is 11.5 Å². The molecule has 19 heavy (non-hydrogen) atoms. The largest absolute Gasteiger partial charge is 0.334 e. The topological polar surface area (TPSA) is 54.2 Å². The number of piperazine rings is 1. The van der Waals surface area contributed by atoms with E-state index in [1.165, 1.54) is 0 Å². The van der Waals surface area contributed by atoms with E-state index >= 15 is 0 Å². The van der Waals surface area contributed by atoms with Crippen LogP contribution in [0.4, 0.5) is 0 Å². The number of nitrogens with one attached hydrogen (secondary N) is 1. The first-order valence-corrected chi connectivity index (χ1v) is 6.66. The molecule has 0 unspecified atom stereocenters. The lowest BCUT2D eigenvalue weighted by Gasteiger charge is -2.32. The molecule has 100 valence electrons. The molecule has 0 spiro atoms. The Morgan fingerprint density at radius 3 is 3.00 bits per heavy atom. The Balaban J connectivity index is 1.71. The minimum absolute atomic E-state index is 0.507. The molecule has 0 saturated carbocycles. The average Bonchev–Trinajstić information content (AvgIpc) is 2.91. The van der Waals surface area contributed by atoms with Gasteiger partial charge in [0.05, 0.1) is 6.54 Å². The van der Waals surface area contributed by atoms with E-state index in [0.717, 1.165) is 37.6 Å². The van der Waals surface area contributed by atoms with Gasteiger partial charge in [0.15, 0.2) is 5.82 Å². The van der Waals surface area contributed by atoms with Crippen LogP contribution in [0.3, 0.4) is 0 Å². The molecule has 1 saturated heterocycles. The molecule has 1 N–H and O–H groups in total. The maximum absolute atomic E-state index is 5.32. The minimum atomic E-state index is 0.507. The van der Waals surface area contributed by atoms with Crippen LogP contribution in [0.15, 0.2) is 34.9 Å². The van der Waals surface area contributed by atoms with Gasteiger partial charge < -0.3 is 9.84 Å². The maximum atomic E-state index is 5.32. The Morgan fingerprint density at radius 2 is 2.21 bits per heavy atom. The third-order valence-electron chi connectivity index (χ3n) is 3.47. The van der Waals surface area contributed by atoms with E-state index in [9.17, 15) is 0 Å². The van der Waals surface area contributed by atoms with Gasteiger partial charge in [-0.1, -0.05) is 23.4 Å². The zero-order chi connectivity index (χ0) is 13.1. The molecule has 2 aromatic rings. The molecule has 0 radical (unpaired) electrons. The van der Waals surface area contributed by atoms with E-state index in [1.807, 2.05) is 30.3 Å². The van der Waals surface area contributed by atoms with Crippen molar-refractivity contribution in [2.75, 3.05) is 19.6 Å². The van der Waals surface area contributed by atoms with Crippen molar-refractivity contribution in [2.24, 2.45) is 0 Å². The van der Waals surface area contributed by atoms with Crippen molar-refractivity contribution in [1.82, 2.24) is 20.4 Å². The summed E-state index contributed by atoms with van der Waals surface area (Å²) in [5, 5.41) is 7.45. The summed E-state index contributed by atoms with van der Waals surface area (Å²) in [6.45, 7) is 6.02. The maximum Gasteiger partial charge on any atom is 0.257 e. The third-order valence-corrected chi connectivity index (χ3v) is 3.47. The fraction of sp³-hybridized carbons (Fsp3) is 0.429. The first kappa shape index (κ1) is 12.3. The summed E-state index contributed by atoms with van der Waals surface area (Å²) in [5.41, 5.74) is 0.967. The average molecular weight is 258 g/mol. The highest BCUT2D eigenvalue weighted by Gasteiger charge is 2.20. The Labute approximate surface area is 112 Å². The number of benzene rings is 1. The Bertz CT molecular complexity index is 525. The third kappa shape index (κ3) is 2.83. The van der Waals surface area contributed by atoms with Gasteiger partial charge in [-0.25, -0.2) is 0 Å². The molecule has 0 bridgehead atoms. The van der Waals surface area contributed by atoms with Crippen LogP contribution in [0.5, 0.6) is 0 Å². The first-order valence-electron chi connectivity index (χ1n) is 6.66. The molecule has 1 aromatic heterocycles. The van der Waals surface area contributed by atoms with Crippen molar-refractivity contribution in [3.8, 4) is 11.5 Å². The standard InChI is InChI=1S/C14H18N4O/c1-11-9-15-7-8-18(11)10-13-16-14(19-17-13)12-5-3-2-4-6-12/h2-6,11,15H,7-10H2,1H3/t11-/m0/s1. The molecule has 0 aliphatic carbocycles. The van der Waals surface area contributed by atoms with Crippen molar-refractivity contribution in [3.63, 3.8) is 0 Å². The van der Waals surface area contributed by atoms with Gasteiger partial charge in [-0.15, -0.1) is 0 Å². The van der Waals surface area contributed by atoms with E-state index < -0.39 is 0 Å². The molecule has 1 aliphatic heterocycles. The summed E-state index contributed by atoms with van der Waals surface area (Å²) in [6, 6.07) is 10.4. The summed E-state index contributed by atoms with van der Waals surface area (Å²) in [7, 11) is 0. The monoisotopic (exact) mass is 258 g/mol. The highest BCUT2D eigenvalue weighted by molar-refractivity contribution is 5.51. The van der Waals surface area contributed by atoms with Gasteiger partial charge >= 0.3 is 0 Å². The van der Waals surface area contributed by atoms with E-state index in [0.29, 0.717) is 11.9 Å². The summed E-state index contributed by atoms with van der Waals surface area (Å²) >= 11 is 0. The Kier molecular flexibility index (Phi) is 3.57. The van der Waals surface area contributed by atoms with Gasteiger partial charge in [0.25, 0.3) is 5.89 Å². The Morgan fingerprint density at radius 1 is 1.37 bits per heavy atom. The lowest BCUT2D eigenvalue weighted by Crippen LogP contribution is -2.49. The lowest BCUT2D eigenvalue weighted by molar-refractivity contribution is 0.160. The molecule has 2 heterocycles. The molecular weight excluding hydrogens is 240 g/mol. The normalized spacial score (nSPS) is 20.6. The van der Waals surface area contributed by atoms with Gasteiger partial charge in [-0.3, -0.25) is 4.90 Å². The quantitative estimate of drug-likeness (QED) is 0.905. The summed E-state index contributed by atoms with van der Waals surface area (Å²) in [4.78, 5) is 6.84. The second-order valence-electron chi connectivity index (χ2n) is 4.91. The molecule has 1 aromatic carbocycles. The molecule has 5 nitrogen and oxygen atoms in total. The Hall–Kier alpha value is -1.72. The summed E-state index contributed by atoms with van der Waals surface area (Å²) in [5.74, 6) is 1.35. The highest BCUT2D eigenvalue weighted by Crippen LogP contribution is 2.17. The molecule has 5 heteroatoms. The molecule has 1 aliphatic rings. The molecule has 1 fully saturated rings. The van der Waals surface area contributed by atoms with Crippen LogP contribution < -0.4 is 5.32 Å². The van der Waals surface area contributed by atoms with E-state index in [1.54, 1.807) is 0 Å². The van der Waals surface area contributed by atoms with Crippen molar-refractivity contribution in [1.29, 1.82) is 0 Å². The second-order valence-corrected chi connectivity index (χ2v) is 4.91. The molecular formula is C14H18N4O. The molecule has 3 rings (SSSR count). The van der Waals surface area contributed by atoms with Crippen molar-refractivity contribution in [2.45, 2.75) is 19.5 Å². The predicted molar refractivity (Wildman–Crippen MR) is 72.5 cm³/mol. The van der Waals surface area contributed by atoms with E-state index in [4.69, 9.17) is 4.52 Å². The van der Waals surface area contributed by atoms with Gasteiger partial charge in [0, 0.05) is 31.2 Å². The van der Waals surface area contributed by atoms with Crippen LogP contribution in [0, 0.1) is 0 Å². The number of aromatic nitrogens is 2. The van der Waals surface area contributed by atoms with Gasteiger partial charge in [0.1, 0.15) is 0 Å². The number of nitrogens with zero attached hydrogens (tertiary/aromatic N) is 3.